The molecule has 1 N–H and O–H groups in total. The second kappa shape index (κ2) is 6.27. The number of benzene rings is 1. The summed E-state index contributed by atoms with van der Waals surface area (Å²) in [7, 11) is 0. The number of ether oxygens (including phenoxy) is 2. The van der Waals surface area contributed by atoms with E-state index in [0.717, 1.165) is 50.2 Å². The Morgan fingerprint density at radius 1 is 1.20 bits per heavy atom. The Morgan fingerprint density at radius 3 is 2.90 bits per heavy atom. The van der Waals surface area contributed by atoms with E-state index in [9.17, 15) is 4.79 Å². The highest BCUT2D eigenvalue weighted by Gasteiger charge is 2.24. The van der Waals surface area contributed by atoms with Crippen LogP contribution in [-0.4, -0.2) is 25.2 Å². The predicted molar refractivity (Wildman–Crippen MR) is 75.6 cm³/mol. The minimum absolute atomic E-state index is 0.0580. The Hall–Kier alpha value is -1.55. The lowest BCUT2D eigenvalue weighted by Crippen LogP contribution is -2.31. The van der Waals surface area contributed by atoms with Crippen molar-refractivity contribution < 1.29 is 14.3 Å². The fraction of sp³-hybridized carbons (Fsp3) is 0.562. The molecule has 1 fully saturated rings. The van der Waals surface area contributed by atoms with Gasteiger partial charge in [0.2, 0.25) is 5.91 Å². The molecule has 0 saturated carbocycles. The standard InChI is InChI=1S/C16H21NO3/c18-16(11-12-5-3-9-19-12)17-14-7-4-10-20-15-8-2-1-6-13(14)15/h1-2,6,8,12,14H,3-5,7,9-11H2,(H,17,18)/t12-,14+/m0/s1. The Morgan fingerprint density at radius 2 is 2.05 bits per heavy atom. The van der Waals surface area contributed by atoms with Gasteiger partial charge in [0, 0.05) is 12.2 Å². The van der Waals surface area contributed by atoms with E-state index in [1.807, 2.05) is 24.3 Å². The molecule has 2 aliphatic heterocycles. The molecule has 2 aliphatic rings. The maximum Gasteiger partial charge on any atom is 0.223 e. The van der Waals surface area contributed by atoms with Gasteiger partial charge in [-0.05, 0) is 31.7 Å². The molecule has 1 amide bonds. The SMILES string of the molecule is O=C(C[C@@H]1CCCO1)N[C@@H]1CCCOc2ccccc21. The van der Waals surface area contributed by atoms with Crippen molar-refractivity contribution in [2.75, 3.05) is 13.2 Å². The zero-order chi connectivity index (χ0) is 13.8. The van der Waals surface area contributed by atoms with Gasteiger partial charge in [0.15, 0.2) is 0 Å². The third kappa shape index (κ3) is 3.12. The first-order valence-corrected chi connectivity index (χ1v) is 7.45. The van der Waals surface area contributed by atoms with Crippen LogP contribution >= 0.6 is 0 Å². The zero-order valence-corrected chi connectivity index (χ0v) is 11.6. The van der Waals surface area contributed by atoms with Gasteiger partial charge in [0.05, 0.1) is 25.2 Å². The minimum Gasteiger partial charge on any atom is -0.493 e. The van der Waals surface area contributed by atoms with Crippen molar-refractivity contribution in [1.29, 1.82) is 0 Å². The van der Waals surface area contributed by atoms with Crippen molar-refractivity contribution in [3.05, 3.63) is 29.8 Å². The number of amides is 1. The molecule has 2 heterocycles. The third-order valence-electron chi connectivity index (χ3n) is 3.96. The van der Waals surface area contributed by atoms with Crippen LogP contribution in [0.15, 0.2) is 24.3 Å². The van der Waals surface area contributed by atoms with Gasteiger partial charge in [-0.1, -0.05) is 18.2 Å². The summed E-state index contributed by atoms with van der Waals surface area (Å²) in [6.45, 7) is 1.51. The summed E-state index contributed by atoms with van der Waals surface area (Å²) < 4.78 is 11.2. The quantitative estimate of drug-likeness (QED) is 0.922. The molecule has 0 radical (unpaired) electrons. The average molecular weight is 275 g/mol. The molecule has 0 unspecified atom stereocenters. The topological polar surface area (TPSA) is 47.6 Å². The van der Waals surface area contributed by atoms with Crippen LogP contribution in [0.5, 0.6) is 5.75 Å². The normalized spacial score (nSPS) is 25.4. The van der Waals surface area contributed by atoms with Crippen LogP contribution in [0.25, 0.3) is 0 Å². The first kappa shape index (κ1) is 13.4. The Bertz CT molecular complexity index is 469. The van der Waals surface area contributed by atoms with E-state index in [2.05, 4.69) is 5.32 Å². The Labute approximate surface area is 119 Å². The van der Waals surface area contributed by atoms with Crippen LogP contribution in [0.3, 0.4) is 0 Å². The molecule has 1 aromatic rings. The number of fused-ring (bicyclic) bond motifs is 1. The highest BCUT2D eigenvalue weighted by atomic mass is 16.5. The lowest BCUT2D eigenvalue weighted by molar-refractivity contribution is -0.124. The molecule has 1 aromatic carbocycles. The molecule has 4 nitrogen and oxygen atoms in total. The van der Waals surface area contributed by atoms with E-state index >= 15 is 0 Å². The molecule has 0 bridgehead atoms. The first-order valence-electron chi connectivity index (χ1n) is 7.45. The van der Waals surface area contributed by atoms with Crippen molar-refractivity contribution in [2.45, 2.75) is 44.2 Å². The maximum atomic E-state index is 12.2. The molecule has 1 saturated heterocycles. The van der Waals surface area contributed by atoms with Crippen LogP contribution in [0.4, 0.5) is 0 Å². The number of hydrogen-bond acceptors (Lipinski definition) is 3. The van der Waals surface area contributed by atoms with Gasteiger partial charge in [-0.25, -0.2) is 0 Å². The second-order valence-electron chi connectivity index (χ2n) is 5.49. The van der Waals surface area contributed by atoms with Crippen molar-refractivity contribution in [2.24, 2.45) is 0 Å². The van der Waals surface area contributed by atoms with Crippen LogP contribution < -0.4 is 10.1 Å². The van der Waals surface area contributed by atoms with Gasteiger partial charge >= 0.3 is 0 Å². The van der Waals surface area contributed by atoms with E-state index in [1.54, 1.807) is 0 Å². The van der Waals surface area contributed by atoms with Crippen LogP contribution in [0.2, 0.25) is 0 Å². The number of carbonyl (C=O) groups excluding carboxylic acids is 1. The van der Waals surface area contributed by atoms with Crippen molar-refractivity contribution in [3.8, 4) is 5.75 Å². The smallest absolute Gasteiger partial charge is 0.223 e. The van der Waals surface area contributed by atoms with E-state index in [4.69, 9.17) is 9.47 Å². The number of rotatable bonds is 3. The molecule has 0 aliphatic carbocycles. The summed E-state index contributed by atoms with van der Waals surface area (Å²) in [5.74, 6) is 0.978. The number of carbonyl (C=O) groups is 1. The van der Waals surface area contributed by atoms with Gasteiger partial charge in [0.25, 0.3) is 0 Å². The van der Waals surface area contributed by atoms with E-state index in [-0.39, 0.29) is 18.1 Å². The fourth-order valence-corrected chi connectivity index (χ4v) is 2.94. The molecule has 20 heavy (non-hydrogen) atoms. The maximum absolute atomic E-state index is 12.2. The predicted octanol–water partition coefficient (Wildman–Crippen LogP) is 2.59. The van der Waals surface area contributed by atoms with E-state index in [1.165, 1.54) is 0 Å². The van der Waals surface area contributed by atoms with Crippen molar-refractivity contribution in [3.63, 3.8) is 0 Å². The molecular formula is C16H21NO3. The minimum atomic E-state index is 0.0580. The van der Waals surface area contributed by atoms with Crippen molar-refractivity contribution >= 4 is 5.91 Å². The van der Waals surface area contributed by atoms with Crippen LogP contribution in [0.1, 0.15) is 43.7 Å². The average Bonchev–Trinajstić information content (AvgIpc) is 2.87. The second-order valence-corrected chi connectivity index (χ2v) is 5.49. The van der Waals surface area contributed by atoms with Crippen LogP contribution in [0, 0.1) is 0 Å². The summed E-state index contributed by atoms with van der Waals surface area (Å²) in [6.07, 6.45) is 4.52. The number of hydrogen-bond donors (Lipinski definition) is 1. The fourth-order valence-electron chi connectivity index (χ4n) is 2.94. The Kier molecular flexibility index (Phi) is 4.21. The lowest BCUT2D eigenvalue weighted by atomic mass is 10.0. The summed E-state index contributed by atoms with van der Waals surface area (Å²) in [5.41, 5.74) is 1.09. The summed E-state index contributed by atoms with van der Waals surface area (Å²) in [4.78, 5) is 12.2. The summed E-state index contributed by atoms with van der Waals surface area (Å²) in [5, 5.41) is 3.14. The third-order valence-corrected chi connectivity index (χ3v) is 3.96. The largest absolute Gasteiger partial charge is 0.493 e. The highest BCUT2D eigenvalue weighted by Crippen LogP contribution is 2.31. The molecule has 2 atom stereocenters. The number of nitrogens with one attached hydrogen (secondary N) is 1. The molecule has 108 valence electrons. The van der Waals surface area contributed by atoms with Gasteiger partial charge in [-0.2, -0.15) is 0 Å². The summed E-state index contributed by atoms with van der Waals surface area (Å²) in [6, 6.07) is 8.03. The molecule has 3 rings (SSSR count). The lowest BCUT2D eigenvalue weighted by Gasteiger charge is -2.19. The van der Waals surface area contributed by atoms with Gasteiger partial charge in [-0.3, -0.25) is 4.79 Å². The first-order chi connectivity index (χ1) is 9.83. The zero-order valence-electron chi connectivity index (χ0n) is 11.6. The van der Waals surface area contributed by atoms with Gasteiger partial charge in [0.1, 0.15) is 5.75 Å². The monoisotopic (exact) mass is 275 g/mol. The molecular weight excluding hydrogens is 254 g/mol. The van der Waals surface area contributed by atoms with Gasteiger partial charge < -0.3 is 14.8 Å². The van der Waals surface area contributed by atoms with E-state index in [0.29, 0.717) is 6.42 Å². The van der Waals surface area contributed by atoms with Crippen molar-refractivity contribution in [1.82, 2.24) is 5.32 Å². The Balaban J connectivity index is 1.65. The van der Waals surface area contributed by atoms with Gasteiger partial charge in [-0.15, -0.1) is 0 Å². The summed E-state index contributed by atoms with van der Waals surface area (Å²) >= 11 is 0. The molecule has 4 heteroatoms. The molecule has 0 aromatic heterocycles. The highest BCUT2D eigenvalue weighted by molar-refractivity contribution is 5.77. The number of para-hydroxylation sites is 1. The van der Waals surface area contributed by atoms with Crippen LogP contribution in [-0.2, 0) is 9.53 Å². The molecule has 0 spiro atoms. The van der Waals surface area contributed by atoms with E-state index < -0.39 is 0 Å².